The molecule has 4 heteroatoms. The zero-order chi connectivity index (χ0) is 10.4. The Hall–Kier alpha value is -0.830. The van der Waals surface area contributed by atoms with Crippen molar-refractivity contribution in [3.63, 3.8) is 0 Å². The van der Waals surface area contributed by atoms with E-state index in [1.807, 2.05) is 0 Å². The molecule has 2 atom stereocenters. The molecule has 15 heavy (non-hydrogen) atoms. The summed E-state index contributed by atoms with van der Waals surface area (Å²) in [5.74, 6) is 0.925. The molecule has 1 saturated heterocycles. The molecule has 1 aliphatic heterocycles. The van der Waals surface area contributed by atoms with Crippen molar-refractivity contribution in [2.24, 2.45) is 5.92 Å². The highest BCUT2D eigenvalue weighted by molar-refractivity contribution is 6.30. The molecule has 1 aromatic heterocycles. The molecule has 0 N–H and O–H groups in total. The summed E-state index contributed by atoms with van der Waals surface area (Å²) in [6.45, 7) is 0.955. The Labute approximate surface area is 93.1 Å². The average Bonchev–Trinajstić information content (AvgIpc) is 2.78. The number of aromatic nitrogens is 1. The van der Waals surface area contributed by atoms with E-state index in [1.54, 1.807) is 0 Å². The highest BCUT2D eigenvalue weighted by Gasteiger charge is 2.39. The van der Waals surface area contributed by atoms with Gasteiger partial charge in [-0.15, -0.1) is 0 Å². The van der Waals surface area contributed by atoms with Crippen LogP contribution in [0.25, 0.3) is 0 Å². The number of nitrogens with zero attached hydrogens (tertiary/aromatic N) is 2. The number of piperidine rings is 1. The van der Waals surface area contributed by atoms with Crippen molar-refractivity contribution in [2.45, 2.75) is 25.3 Å². The van der Waals surface area contributed by atoms with Gasteiger partial charge in [-0.25, -0.2) is 9.37 Å². The van der Waals surface area contributed by atoms with Crippen molar-refractivity contribution >= 4 is 17.4 Å². The predicted molar refractivity (Wildman–Crippen MR) is 57.7 cm³/mol. The Morgan fingerprint density at radius 3 is 2.93 bits per heavy atom. The largest absolute Gasteiger partial charge is 0.351 e. The van der Waals surface area contributed by atoms with E-state index >= 15 is 0 Å². The maximum absolute atomic E-state index is 13.6. The third-order valence-corrected chi connectivity index (χ3v) is 3.68. The molecule has 2 unspecified atom stereocenters. The van der Waals surface area contributed by atoms with Gasteiger partial charge in [-0.3, -0.25) is 0 Å². The number of hydrogen-bond donors (Lipinski definition) is 0. The van der Waals surface area contributed by atoms with Gasteiger partial charge in [0.15, 0.2) is 11.6 Å². The Morgan fingerprint density at radius 2 is 2.33 bits per heavy atom. The quantitative estimate of drug-likeness (QED) is 0.732. The minimum atomic E-state index is -0.296. The van der Waals surface area contributed by atoms with E-state index < -0.39 is 0 Å². The van der Waals surface area contributed by atoms with Crippen molar-refractivity contribution in [1.82, 2.24) is 4.98 Å². The topological polar surface area (TPSA) is 16.1 Å². The summed E-state index contributed by atoms with van der Waals surface area (Å²) in [6, 6.07) is 1.84. The minimum Gasteiger partial charge on any atom is -0.351 e. The molecule has 0 spiro atoms. The molecule has 2 fully saturated rings. The lowest BCUT2D eigenvalue weighted by Crippen LogP contribution is -2.33. The first-order chi connectivity index (χ1) is 7.24. The van der Waals surface area contributed by atoms with Crippen LogP contribution in [0, 0.1) is 11.7 Å². The Balaban J connectivity index is 1.93. The molecule has 0 aromatic carbocycles. The van der Waals surface area contributed by atoms with Crippen molar-refractivity contribution in [3.8, 4) is 0 Å². The molecule has 1 aromatic rings. The van der Waals surface area contributed by atoms with Gasteiger partial charge in [-0.2, -0.15) is 0 Å². The maximum Gasteiger partial charge on any atom is 0.167 e. The zero-order valence-electron chi connectivity index (χ0n) is 8.29. The SMILES string of the molecule is Fc1cc(Cl)cnc1N1CC2CCC1C2. The molecule has 2 aliphatic rings. The third kappa shape index (κ3) is 1.49. The summed E-state index contributed by atoms with van der Waals surface area (Å²) in [5, 5.41) is 0.362. The molecule has 2 heterocycles. The van der Waals surface area contributed by atoms with E-state index in [1.165, 1.54) is 31.5 Å². The van der Waals surface area contributed by atoms with Crippen LogP contribution in [0.1, 0.15) is 19.3 Å². The summed E-state index contributed by atoms with van der Waals surface area (Å²) in [4.78, 5) is 6.19. The smallest absolute Gasteiger partial charge is 0.167 e. The van der Waals surface area contributed by atoms with Crippen molar-refractivity contribution < 1.29 is 4.39 Å². The maximum atomic E-state index is 13.6. The van der Waals surface area contributed by atoms with Gasteiger partial charge >= 0.3 is 0 Å². The van der Waals surface area contributed by atoms with E-state index in [0.717, 1.165) is 12.5 Å². The van der Waals surface area contributed by atoms with Crippen LogP contribution in [0.5, 0.6) is 0 Å². The Morgan fingerprint density at radius 1 is 1.47 bits per heavy atom. The first kappa shape index (κ1) is 9.40. The molecule has 0 radical (unpaired) electrons. The van der Waals surface area contributed by atoms with E-state index in [0.29, 0.717) is 16.9 Å². The fraction of sp³-hybridized carbons (Fsp3) is 0.545. The monoisotopic (exact) mass is 226 g/mol. The van der Waals surface area contributed by atoms with Gasteiger partial charge in [-0.05, 0) is 31.2 Å². The second kappa shape index (κ2) is 3.34. The minimum absolute atomic E-state index is 0.296. The van der Waals surface area contributed by atoms with E-state index in [9.17, 15) is 4.39 Å². The van der Waals surface area contributed by atoms with Crippen LogP contribution in [0.2, 0.25) is 5.02 Å². The molecular weight excluding hydrogens is 215 g/mol. The van der Waals surface area contributed by atoms with Crippen molar-refractivity contribution in [1.29, 1.82) is 0 Å². The van der Waals surface area contributed by atoms with Gasteiger partial charge in [0.05, 0.1) is 5.02 Å². The fourth-order valence-electron chi connectivity index (χ4n) is 2.80. The summed E-state index contributed by atoms with van der Waals surface area (Å²) >= 11 is 5.68. The lowest BCUT2D eigenvalue weighted by Gasteiger charge is -2.28. The van der Waals surface area contributed by atoms with Crippen LogP contribution < -0.4 is 4.90 Å². The van der Waals surface area contributed by atoms with Gasteiger partial charge in [0.25, 0.3) is 0 Å². The predicted octanol–water partition coefficient (Wildman–Crippen LogP) is 2.86. The van der Waals surface area contributed by atoms with Gasteiger partial charge in [0.1, 0.15) is 0 Å². The van der Waals surface area contributed by atoms with Crippen LogP contribution in [0.15, 0.2) is 12.3 Å². The number of fused-ring (bicyclic) bond motifs is 2. The number of pyridine rings is 1. The number of rotatable bonds is 1. The molecule has 0 amide bonds. The molecule has 80 valence electrons. The van der Waals surface area contributed by atoms with Crippen LogP contribution >= 0.6 is 11.6 Å². The second-order valence-electron chi connectivity index (χ2n) is 4.44. The van der Waals surface area contributed by atoms with E-state index in [4.69, 9.17) is 11.6 Å². The summed E-state index contributed by atoms with van der Waals surface area (Å²) in [6.07, 6.45) is 5.18. The first-order valence-corrected chi connectivity index (χ1v) is 5.69. The zero-order valence-corrected chi connectivity index (χ0v) is 9.04. The highest BCUT2D eigenvalue weighted by atomic mass is 35.5. The molecule has 3 rings (SSSR count). The first-order valence-electron chi connectivity index (χ1n) is 5.32. The van der Waals surface area contributed by atoms with Crippen LogP contribution in [0.4, 0.5) is 10.2 Å². The Kier molecular flexibility index (Phi) is 2.09. The summed E-state index contributed by atoms with van der Waals surface area (Å²) in [7, 11) is 0. The molecule has 2 nitrogen and oxygen atoms in total. The van der Waals surface area contributed by atoms with Gasteiger partial charge in [-0.1, -0.05) is 11.6 Å². The summed E-state index contributed by atoms with van der Waals surface area (Å²) in [5.41, 5.74) is 0. The van der Waals surface area contributed by atoms with Crippen molar-refractivity contribution in [2.75, 3.05) is 11.4 Å². The number of halogens is 2. The van der Waals surface area contributed by atoms with E-state index in [-0.39, 0.29) is 5.82 Å². The van der Waals surface area contributed by atoms with Crippen LogP contribution in [0.3, 0.4) is 0 Å². The van der Waals surface area contributed by atoms with Gasteiger partial charge in [0.2, 0.25) is 0 Å². The lowest BCUT2D eigenvalue weighted by atomic mass is 10.1. The molecule has 1 saturated carbocycles. The van der Waals surface area contributed by atoms with Crippen LogP contribution in [-0.2, 0) is 0 Å². The fourth-order valence-corrected chi connectivity index (χ4v) is 2.95. The molecule has 1 aliphatic carbocycles. The standard InChI is InChI=1S/C11H12ClFN2/c12-8-4-10(13)11(14-5-8)15-6-7-1-2-9(15)3-7/h4-5,7,9H,1-3,6H2. The van der Waals surface area contributed by atoms with Crippen molar-refractivity contribution in [3.05, 3.63) is 23.1 Å². The van der Waals surface area contributed by atoms with Crippen LogP contribution in [-0.4, -0.2) is 17.6 Å². The molecular formula is C11H12ClFN2. The van der Waals surface area contributed by atoms with Gasteiger partial charge in [0, 0.05) is 18.8 Å². The lowest BCUT2D eigenvalue weighted by molar-refractivity contribution is 0.535. The van der Waals surface area contributed by atoms with Gasteiger partial charge < -0.3 is 4.90 Å². The normalized spacial score (nSPS) is 28.8. The second-order valence-corrected chi connectivity index (χ2v) is 4.88. The Bertz CT molecular complexity index is 396. The number of anilines is 1. The number of hydrogen-bond acceptors (Lipinski definition) is 2. The summed E-state index contributed by atoms with van der Waals surface area (Å²) < 4.78 is 13.6. The average molecular weight is 227 g/mol. The third-order valence-electron chi connectivity index (χ3n) is 3.47. The highest BCUT2D eigenvalue weighted by Crippen LogP contribution is 2.40. The molecule has 2 bridgehead atoms. The van der Waals surface area contributed by atoms with E-state index in [2.05, 4.69) is 9.88 Å².